The molecule has 0 bridgehead atoms. The number of hydrogen-bond acceptors (Lipinski definition) is 5. The van der Waals surface area contributed by atoms with Crippen molar-refractivity contribution in [3.8, 4) is 0 Å². The number of halogens is 1. The third-order valence-electron chi connectivity index (χ3n) is 4.46. The van der Waals surface area contributed by atoms with Gasteiger partial charge in [-0.2, -0.15) is 0 Å². The maximum absolute atomic E-state index is 13.3. The lowest BCUT2D eigenvalue weighted by Crippen LogP contribution is -2.46. The van der Waals surface area contributed by atoms with Gasteiger partial charge in [-0.3, -0.25) is 9.78 Å². The van der Waals surface area contributed by atoms with Crippen LogP contribution in [0.15, 0.2) is 42.6 Å². The number of nitrogens with zero attached hydrogens (tertiary/aromatic N) is 2. The van der Waals surface area contributed by atoms with Gasteiger partial charge in [-0.05, 0) is 50.1 Å². The van der Waals surface area contributed by atoms with Gasteiger partial charge in [0, 0.05) is 36.7 Å². The Labute approximate surface area is 162 Å². The number of likely N-dealkylation sites (tertiary alicyclic amines) is 1. The number of carbonyl (C=O) groups excluding carboxylic acids is 2. The van der Waals surface area contributed by atoms with Crippen molar-refractivity contribution in [3.05, 3.63) is 54.1 Å². The SMILES string of the molecule is CCOC(=O)N1CCC(NC(=O)c2cc(Nc3cccc(F)c3)ccn2)CC1. The fourth-order valence-electron chi connectivity index (χ4n) is 3.05. The molecule has 1 aliphatic rings. The summed E-state index contributed by atoms with van der Waals surface area (Å²) in [5, 5.41) is 6.01. The minimum Gasteiger partial charge on any atom is -0.450 e. The summed E-state index contributed by atoms with van der Waals surface area (Å²) < 4.78 is 18.3. The van der Waals surface area contributed by atoms with Crippen LogP contribution in [0.1, 0.15) is 30.3 Å². The van der Waals surface area contributed by atoms with Gasteiger partial charge < -0.3 is 20.3 Å². The van der Waals surface area contributed by atoms with E-state index < -0.39 is 0 Å². The van der Waals surface area contributed by atoms with Gasteiger partial charge >= 0.3 is 6.09 Å². The molecule has 3 rings (SSSR count). The Balaban J connectivity index is 1.56. The molecule has 0 spiro atoms. The van der Waals surface area contributed by atoms with Crippen molar-refractivity contribution >= 4 is 23.4 Å². The number of benzene rings is 1. The van der Waals surface area contributed by atoms with E-state index in [4.69, 9.17) is 4.74 Å². The van der Waals surface area contributed by atoms with E-state index >= 15 is 0 Å². The molecule has 0 atom stereocenters. The van der Waals surface area contributed by atoms with E-state index in [2.05, 4.69) is 15.6 Å². The zero-order valence-electron chi connectivity index (χ0n) is 15.7. The smallest absolute Gasteiger partial charge is 0.409 e. The average Bonchev–Trinajstić information content (AvgIpc) is 2.69. The predicted octanol–water partition coefficient (Wildman–Crippen LogP) is 3.32. The molecule has 2 N–H and O–H groups in total. The normalized spacial score (nSPS) is 14.4. The van der Waals surface area contributed by atoms with Gasteiger partial charge in [-0.1, -0.05) is 6.07 Å². The van der Waals surface area contributed by atoms with Crippen LogP contribution in [0.3, 0.4) is 0 Å². The Morgan fingerprint density at radius 3 is 2.68 bits per heavy atom. The summed E-state index contributed by atoms with van der Waals surface area (Å²) in [6, 6.07) is 9.38. The van der Waals surface area contributed by atoms with Gasteiger partial charge in [0.2, 0.25) is 0 Å². The van der Waals surface area contributed by atoms with E-state index in [1.54, 1.807) is 36.1 Å². The lowest BCUT2D eigenvalue weighted by atomic mass is 10.1. The number of rotatable bonds is 5. The Morgan fingerprint density at radius 1 is 1.21 bits per heavy atom. The molecule has 1 aliphatic heterocycles. The fraction of sp³-hybridized carbons (Fsp3) is 0.350. The van der Waals surface area contributed by atoms with Crippen molar-refractivity contribution in [1.82, 2.24) is 15.2 Å². The van der Waals surface area contributed by atoms with E-state index in [1.165, 1.54) is 18.3 Å². The van der Waals surface area contributed by atoms with Crippen molar-refractivity contribution in [2.45, 2.75) is 25.8 Å². The van der Waals surface area contributed by atoms with Crippen LogP contribution in [-0.4, -0.2) is 47.6 Å². The minimum atomic E-state index is -0.341. The first-order valence-corrected chi connectivity index (χ1v) is 9.26. The maximum Gasteiger partial charge on any atom is 0.409 e. The third-order valence-corrected chi connectivity index (χ3v) is 4.46. The van der Waals surface area contributed by atoms with Crippen molar-refractivity contribution in [2.75, 3.05) is 25.0 Å². The molecular formula is C20H23FN4O3. The highest BCUT2D eigenvalue weighted by molar-refractivity contribution is 5.93. The summed E-state index contributed by atoms with van der Waals surface area (Å²) in [4.78, 5) is 30.0. The molecule has 7 nitrogen and oxygen atoms in total. The van der Waals surface area contributed by atoms with Crippen LogP contribution >= 0.6 is 0 Å². The van der Waals surface area contributed by atoms with Gasteiger partial charge in [0.1, 0.15) is 11.5 Å². The lowest BCUT2D eigenvalue weighted by Gasteiger charge is -2.31. The maximum atomic E-state index is 13.3. The standard InChI is InChI=1S/C20H23FN4O3/c1-2-28-20(27)25-10-7-15(8-11-25)24-19(26)18-13-17(6-9-22-18)23-16-5-3-4-14(21)12-16/h3-6,9,12-13,15H,2,7-8,10-11H2,1H3,(H,22,23)(H,24,26). The Bertz CT molecular complexity index is 838. The summed E-state index contributed by atoms with van der Waals surface area (Å²) in [5.74, 6) is -0.622. The minimum absolute atomic E-state index is 0.0280. The van der Waals surface area contributed by atoms with Crippen molar-refractivity contribution < 1.29 is 18.7 Å². The van der Waals surface area contributed by atoms with Crippen LogP contribution in [-0.2, 0) is 4.74 Å². The van der Waals surface area contributed by atoms with Crippen LogP contribution in [0.2, 0.25) is 0 Å². The first-order valence-electron chi connectivity index (χ1n) is 9.26. The zero-order chi connectivity index (χ0) is 19.9. The topological polar surface area (TPSA) is 83.6 Å². The molecule has 1 fully saturated rings. The van der Waals surface area contributed by atoms with Crippen LogP contribution in [0.5, 0.6) is 0 Å². The number of anilines is 2. The first-order chi connectivity index (χ1) is 13.5. The first kappa shape index (κ1) is 19.6. The molecule has 2 amide bonds. The van der Waals surface area contributed by atoms with E-state index in [0.717, 1.165) is 0 Å². The Kier molecular flexibility index (Phi) is 6.41. The van der Waals surface area contributed by atoms with Crippen molar-refractivity contribution in [2.24, 2.45) is 0 Å². The summed E-state index contributed by atoms with van der Waals surface area (Å²) in [5.41, 5.74) is 1.50. The number of hydrogen-bond donors (Lipinski definition) is 2. The second-order valence-electron chi connectivity index (χ2n) is 6.50. The average molecular weight is 386 g/mol. The molecule has 8 heteroatoms. The van der Waals surface area contributed by atoms with Crippen LogP contribution in [0, 0.1) is 5.82 Å². The van der Waals surface area contributed by atoms with Gasteiger partial charge in [0.25, 0.3) is 5.91 Å². The fourth-order valence-corrected chi connectivity index (χ4v) is 3.05. The summed E-state index contributed by atoms with van der Waals surface area (Å²) in [7, 11) is 0. The molecule has 2 aromatic rings. The molecule has 0 saturated carbocycles. The lowest BCUT2D eigenvalue weighted by molar-refractivity contribution is 0.0856. The number of amides is 2. The Hall–Kier alpha value is -3.16. The number of pyridine rings is 1. The molecule has 1 saturated heterocycles. The van der Waals surface area contributed by atoms with E-state index in [9.17, 15) is 14.0 Å². The number of ether oxygens (including phenoxy) is 1. The second-order valence-corrected chi connectivity index (χ2v) is 6.50. The number of carbonyl (C=O) groups is 2. The largest absolute Gasteiger partial charge is 0.450 e. The number of piperidine rings is 1. The van der Waals surface area contributed by atoms with Crippen molar-refractivity contribution in [1.29, 1.82) is 0 Å². The molecule has 2 heterocycles. The van der Waals surface area contributed by atoms with Gasteiger partial charge in [-0.15, -0.1) is 0 Å². The third kappa shape index (κ3) is 5.18. The van der Waals surface area contributed by atoms with Gasteiger partial charge in [-0.25, -0.2) is 9.18 Å². The number of aromatic nitrogens is 1. The molecule has 1 aromatic heterocycles. The highest BCUT2D eigenvalue weighted by Gasteiger charge is 2.25. The van der Waals surface area contributed by atoms with E-state index in [1.807, 2.05) is 0 Å². The predicted molar refractivity (Wildman–Crippen MR) is 103 cm³/mol. The molecule has 0 radical (unpaired) electrons. The molecule has 0 aliphatic carbocycles. The van der Waals surface area contributed by atoms with E-state index in [-0.39, 0.29) is 29.6 Å². The zero-order valence-corrected chi connectivity index (χ0v) is 15.7. The van der Waals surface area contributed by atoms with Crippen molar-refractivity contribution in [3.63, 3.8) is 0 Å². The molecule has 28 heavy (non-hydrogen) atoms. The monoisotopic (exact) mass is 386 g/mol. The Morgan fingerprint density at radius 2 is 1.96 bits per heavy atom. The summed E-state index contributed by atoms with van der Waals surface area (Å²) in [6.07, 6.45) is 2.53. The highest BCUT2D eigenvalue weighted by atomic mass is 19.1. The molecule has 0 unspecified atom stereocenters. The van der Waals surface area contributed by atoms with Crippen LogP contribution in [0.4, 0.5) is 20.6 Å². The number of nitrogens with one attached hydrogen (secondary N) is 2. The second kappa shape index (κ2) is 9.16. The molecule has 1 aromatic carbocycles. The summed E-state index contributed by atoms with van der Waals surface area (Å²) in [6.45, 7) is 3.20. The highest BCUT2D eigenvalue weighted by Crippen LogP contribution is 2.18. The van der Waals surface area contributed by atoms with Gasteiger partial charge in [0.15, 0.2) is 0 Å². The van der Waals surface area contributed by atoms with E-state index in [0.29, 0.717) is 43.9 Å². The quantitative estimate of drug-likeness (QED) is 0.824. The summed E-state index contributed by atoms with van der Waals surface area (Å²) >= 11 is 0. The van der Waals surface area contributed by atoms with Crippen LogP contribution in [0.25, 0.3) is 0 Å². The van der Waals surface area contributed by atoms with Crippen LogP contribution < -0.4 is 10.6 Å². The molecule has 148 valence electrons. The molecular weight excluding hydrogens is 363 g/mol. The van der Waals surface area contributed by atoms with Gasteiger partial charge in [0.05, 0.1) is 6.61 Å².